The zero-order chi connectivity index (χ0) is 15.2. The summed E-state index contributed by atoms with van der Waals surface area (Å²) in [6.45, 7) is 0. The summed E-state index contributed by atoms with van der Waals surface area (Å²) in [6, 6.07) is 3.31. The summed E-state index contributed by atoms with van der Waals surface area (Å²) in [4.78, 5) is 0. The number of aromatic hydroxyl groups is 1. The van der Waals surface area contributed by atoms with Gasteiger partial charge in [-0.15, -0.1) is 0 Å². The molecule has 2 aromatic carbocycles. The van der Waals surface area contributed by atoms with E-state index in [0.29, 0.717) is 0 Å². The molecule has 0 heterocycles. The van der Waals surface area contributed by atoms with E-state index in [2.05, 4.69) is 112 Å². The normalized spacial score (nSPS) is 10.9. The van der Waals surface area contributed by atoms with E-state index >= 15 is 0 Å². The van der Waals surface area contributed by atoms with Crippen LogP contribution in [0.15, 0.2) is 43.4 Å². The molecule has 0 radical (unpaired) electrons. The second kappa shape index (κ2) is 7.01. The smallest absolute Gasteiger partial charge is 0.117 e. The largest absolute Gasteiger partial charge is 0.508 e. The number of phenolic OH excluding ortho intramolecular Hbond substituents is 1. The van der Waals surface area contributed by atoms with Crippen LogP contribution in [-0.4, -0.2) is 5.11 Å². The molecule has 1 N–H and O–H groups in total. The number of halogens is 7. The first-order chi connectivity index (χ1) is 9.25. The Bertz CT molecular complexity index is 659. The zero-order valence-corrected chi connectivity index (χ0v) is 20.3. The maximum atomic E-state index is 9.65. The molecule has 0 bridgehead atoms. The first-order valence-corrected chi connectivity index (χ1v) is 10.5. The quantitative estimate of drug-likeness (QED) is 0.232. The molecule has 0 unspecified atom stereocenters. The van der Waals surface area contributed by atoms with Gasteiger partial charge in [0, 0.05) is 42.4 Å². The number of hydrogen-bond donors (Lipinski definition) is 1. The molecule has 2 aromatic rings. The molecular weight excluding hydrogens is 719 g/mol. The van der Waals surface area contributed by atoms with Crippen LogP contribution in [0.3, 0.4) is 0 Å². The maximum Gasteiger partial charge on any atom is 0.117 e. The molecule has 8 heteroatoms. The third-order valence-electron chi connectivity index (χ3n) is 2.49. The van der Waals surface area contributed by atoms with Gasteiger partial charge < -0.3 is 5.11 Å². The van der Waals surface area contributed by atoms with Gasteiger partial charge in [-0.05, 0) is 124 Å². The topological polar surface area (TPSA) is 20.2 Å². The predicted octanol–water partition coefficient (Wildman–Crippen LogP) is 8.40. The van der Waals surface area contributed by atoms with Gasteiger partial charge in [-0.3, -0.25) is 0 Å². The number of hydrogen-bond acceptors (Lipinski definition) is 1. The van der Waals surface area contributed by atoms with Gasteiger partial charge in [0.15, 0.2) is 0 Å². The van der Waals surface area contributed by atoms with Crippen molar-refractivity contribution in [2.24, 2.45) is 0 Å². The Labute approximate surface area is 174 Å². The van der Waals surface area contributed by atoms with Crippen LogP contribution in [0.2, 0.25) is 0 Å². The second-order valence-electron chi connectivity index (χ2n) is 3.73. The summed E-state index contributed by atoms with van der Waals surface area (Å²) in [5, 5.41) is 9.65. The summed E-state index contributed by atoms with van der Waals surface area (Å²) in [5.41, 5.74) is 1.88. The van der Waals surface area contributed by atoms with E-state index in [4.69, 9.17) is 0 Å². The lowest BCUT2D eigenvalue weighted by Gasteiger charge is -2.16. The predicted molar refractivity (Wildman–Crippen MR) is 107 cm³/mol. The van der Waals surface area contributed by atoms with Crippen LogP contribution in [-0.2, 0) is 0 Å². The highest BCUT2D eigenvalue weighted by atomic mass is 79.9. The Morgan fingerprint density at radius 1 is 0.550 bits per heavy atom. The van der Waals surface area contributed by atoms with Gasteiger partial charge >= 0.3 is 0 Å². The minimum atomic E-state index is 0.190. The first kappa shape index (κ1) is 17.9. The van der Waals surface area contributed by atoms with Crippen molar-refractivity contribution in [2.45, 2.75) is 0 Å². The minimum Gasteiger partial charge on any atom is -0.508 e. The minimum absolute atomic E-state index is 0.190. The first-order valence-electron chi connectivity index (χ1n) is 4.95. The van der Waals surface area contributed by atoms with Crippen molar-refractivity contribution in [1.29, 1.82) is 0 Å². The van der Waals surface area contributed by atoms with Crippen LogP contribution in [0.25, 0.3) is 11.1 Å². The molecule has 20 heavy (non-hydrogen) atoms. The second-order valence-corrected chi connectivity index (χ2v) is 9.40. The lowest BCUT2D eigenvalue weighted by molar-refractivity contribution is 0.474. The fraction of sp³-hybridized carbons (Fsp3) is 0. The summed E-state index contributed by atoms with van der Waals surface area (Å²) in [7, 11) is 0. The molecule has 0 aromatic heterocycles. The molecule has 0 saturated carbocycles. The average Bonchev–Trinajstić information content (AvgIpc) is 2.37. The van der Waals surface area contributed by atoms with E-state index in [9.17, 15) is 5.11 Å². The number of phenols is 1. The highest BCUT2D eigenvalue weighted by molar-refractivity contribution is 9.16. The molecule has 0 saturated heterocycles. The highest BCUT2D eigenvalue weighted by Crippen LogP contribution is 2.51. The van der Waals surface area contributed by atoms with Gasteiger partial charge in [0.2, 0.25) is 0 Å². The summed E-state index contributed by atoms with van der Waals surface area (Å²) >= 11 is 24.8. The van der Waals surface area contributed by atoms with E-state index in [-0.39, 0.29) is 5.75 Å². The lowest BCUT2D eigenvalue weighted by atomic mass is 10.1. The van der Waals surface area contributed by atoms with E-state index in [1.165, 1.54) is 0 Å². The monoisotopic (exact) mass is 715 g/mol. The number of rotatable bonds is 1. The van der Waals surface area contributed by atoms with Crippen molar-refractivity contribution in [2.75, 3.05) is 0 Å². The summed E-state index contributed by atoms with van der Waals surface area (Å²) in [5.74, 6) is 0.190. The molecule has 0 aliphatic heterocycles. The third kappa shape index (κ3) is 3.26. The fourth-order valence-electron chi connectivity index (χ4n) is 1.62. The number of benzene rings is 2. The van der Waals surface area contributed by atoms with E-state index in [1.807, 2.05) is 0 Å². The van der Waals surface area contributed by atoms with Crippen molar-refractivity contribution in [3.8, 4) is 16.9 Å². The van der Waals surface area contributed by atoms with Crippen molar-refractivity contribution >= 4 is 112 Å². The molecule has 106 valence electrons. The van der Waals surface area contributed by atoms with Crippen LogP contribution in [0.1, 0.15) is 0 Å². The Morgan fingerprint density at radius 2 is 0.900 bits per heavy atom. The average molecular weight is 722 g/mol. The van der Waals surface area contributed by atoms with Gasteiger partial charge in [-0.25, -0.2) is 0 Å². The third-order valence-corrected chi connectivity index (χ3v) is 9.83. The van der Waals surface area contributed by atoms with Gasteiger partial charge in [0.1, 0.15) is 5.75 Å². The van der Waals surface area contributed by atoms with Gasteiger partial charge in [-0.1, -0.05) is 0 Å². The Morgan fingerprint density at radius 3 is 1.30 bits per heavy atom. The molecule has 2 rings (SSSR count). The molecule has 0 aliphatic carbocycles. The molecule has 0 aliphatic rings. The van der Waals surface area contributed by atoms with Gasteiger partial charge in [0.05, 0.1) is 0 Å². The summed E-state index contributed by atoms with van der Waals surface area (Å²) in [6.07, 6.45) is 0. The molecule has 0 fully saturated rings. The van der Waals surface area contributed by atoms with Crippen LogP contribution in [0, 0.1) is 0 Å². The molecular formula is C12H3Br7O. The van der Waals surface area contributed by atoms with Crippen molar-refractivity contribution in [1.82, 2.24) is 0 Å². The lowest BCUT2D eigenvalue weighted by Crippen LogP contribution is -1.90. The SMILES string of the molecule is Oc1cc(Br)c(-c2c(Br)c(Br)c(Br)c(Br)c2Br)c(Br)c1. The molecule has 1 nitrogen and oxygen atoms in total. The summed E-state index contributed by atoms with van der Waals surface area (Å²) < 4.78 is 6.06. The van der Waals surface area contributed by atoms with Gasteiger partial charge in [-0.2, -0.15) is 0 Å². The Hall–Kier alpha value is 1.60. The highest BCUT2D eigenvalue weighted by Gasteiger charge is 2.22. The van der Waals surface area contributed by atoms with Crippen LogP contribution in [0.4, 0.5) is 0 Å². The standard InChI is InChI=1S/C12H3Br7O/c13-4-1-3(20)2-5(14)6(4)7-8(15)10(17)12(19)11(18)9(7)16/h1-2,20H. The van der Waals surface area contributed by atoms with Crippen molar-refractivity contribution in [3.05, 3.63) is 43.4 Å². The van der Waals surface area contributed by atoms with Crippen molar-refractivity contribution < 1.29 is 5.11 Å². The Kier molecular flexibility index (Phi) is 6.29. The Balaban J connectivity index is 2.91. The van der Waals surface area contributed by atoms with Crippen LogP contribution in [0.5, 0.6) is 5.75 Å². The van der Waals surface area contributed by atoms with E-state index in [1.54, 1.807) is 12.1 Å². The van der Waals surface area contributed by atoms with Crippen LogP contribution < -0.4 is 0 Å². The molecule has 0 spiro atoms. The van der Waals surface area contributed by atoms with Crippen molar-refractivity contribution in [3.63, 3.8) is 0 Å². The molecule has 0 atom stereocenters. The maximum absolute atomic E-state index is 9.65. The van der Waals surface area contributed by atoms with E-state index in [0.717, 1.165) is 42.4 Å². The zero-order valence-electron chi connectivity index (χ0n) is 9.25. The van der Waals surface area contributed by atoms with Crippen LogP contribution >= 0.6 is 112 Å². The molecule has 0 amide bonds. The fourth-order valence-corrected chi connectivity index (χ4v) is 6.62. The van der Waals surface area contributed by atoms with E-state index < -0.39 is 0 Å². The van der Waals surface area contributed by atoms with Gasteiger partial charge in [0.25, 0.3) is 0 Å².